The van der Waals surface area contributed by atoms with E-state index in [2.05, 4.69) is 25.8 Å². The van der Waals surface area contributed by atoms with Gasteiger partial charge >= 0.3 is 6.09 Å². The number of carbonyl (C=O) groups excluding carboxylic acids is 1. The minimum atomic E-state index is -1.17. The average molecular weight is 456 g/mol. The Morgan fingerprint density at radius 1 is 1.06 bits per heavy atom. The maximum atomic E-state index is 12.5. The molecule has 0 fully saturated rings. The van der Waals surface area contributed by atoms with E-state index >= 15 is 0 Å². The molecule has 0 radical (unpaired) electrons. The highest BCUT2D eigenvalue weighted by molar-refractivity contribution is 7.22. The third-order valence-electron chi connectivity index (χ3n) is 4.09. The van der Waals surface area contributed by atoms with Gasteiger partial charge in [-0.05, 0) is 36.8 Å². The first-order valence-electron chi connectivity index (χ1n) is 9.26. The molecule has 2 aromatic heterocycles. The van der Waals surface area contributed by atoms with Crippen molar-refractivity contribution in [1.29, 1.82) is 0 Å². The molecule has 0 saturated heterocycles. The van der Waals surface area contributed by atoms with Crippen molar-refractivity contribution in [3.05, 3.63) is 48.0 Å². The Morgan fingerprint density at radius 3 is 2.74 bits per heavy atom. The topological polar surface area (TPSA) is 126 Å². The van der Waals surface area contributed by atoms with Gasteiger partial charge in [-0.25, -0.2) is 9.78 Å². The predicted molar refractivity (Wildman–Crippen MR) is 120 cm³/mol. The van der Waals surface area contributed by atoms with Crippen molar-refractivity contribution in [2.24, 2.45) is 0 Å². The van der Waals surface area contributed by atoms with Crippen molar-refractivity contribution < 1.29 is 19.4 Å². The van der Waals surface area contributed by atoms with Crippen molar-refractivity contribution in [2.45, 2.75) is 13.3 Å². The fraction of sp³-hybridized carbons (Fsp3) is 0.150. The molecule has 2 heterocycles. The molecule has 0 atom stereocenters. The Morgan fingerprint density at radius 2 is 1.94 bits per heavy atom. The summed E-state index contributed by atoms with van der Waals surface area (Å²) in [5.74, 6) is 0.527. The fourth-order valence-electron chi connectivity index (χ4n) is 2.85. The highest BCUT2D eigenvalue weighted by Crippen LogP contribution is 2.29. The molecule has 0 aliphatic carbocycles. The maximum absolute atomic E-state index is 12.5. The number of aromatic nitrogens is 3. The molecule has 11 heteroatoms. The molecule has 4 rings (SSSR count). The lowest BCUT2D eigenvalue weighted by molar-refractivity contribution is -0.115. The molecule has 0 bridgehead atoms. The minimum absolute atomic E-state index is 0.143. The number of nitrogens with zero attached hydrogens (tertiary/aromatic N) is 3. The molecule has 3 N–H and O–H groups in total. The summed E-state index contributed by atoms with van der Waals surface area (Å²) in [7, 11) is 0. The van der Waals surface area contributed by atoms with Crippen molar-refractivity contribution in [1.82, 2.24) is 15.2 Å². The normalized spacial score (nSPS) is 10.7. The van der Waals surface area contributed by atoms with Crippen LogP contribution in [0, 0.1) is 0 Å². The van der Waals surface area contributed by atoms with Crippen molar-refractivity contribution in [3.8, 4) is 16.3 Å². The molecule has 0 unspecified atom stereocenters. The molecule has 0 spiro atoms. The van der Waals surface area contributed by atoms with Crippen LogP contribution < -0.4 is 15.4 Å². The van der Waals surface area contributed by atoms with Gasteiger partial charge in [0.25, 0.3) is 0 Å². The molecule has 9 nitrogen and oxygen atoms in total. The summed E-state index contributed by atoms with van der Waals surface area (Å²) < 4.78 is 6.30. The molecular weight excluding hydrogens is 438 g/mol. The summed E-state index contributed by atoms with van der Waals surface area (Å²) in [5.41, 5.74) is 2.32. The second-order valence-corrected chi connectivity index (χ2v) is 8.36. The number of fused-ring (bicyclic) bond motifs is 1. The number of nitrogens with one attached hydrogen (secondary N) is 2. The van der Waals surface area contributed by atoms with E-state index < -0.39 is 6.09 Å². The SMILES string of the molecule is CCOc1cccc(-c2nnc(NC(=O)Cc3ccc4nc(NC(=O)O)sc4c3)s2)c1. The largest absolute Gasteiger partial charge is 0.494 e. The molecule has 0 saturated carbocycles. The van der Waals surface area contributed by atoms with Gasteiger partial charge in [0, 0.05) is 5.56 Å². The van der Waals surface area contributed by atoms with Gasteiger partial charge in [0.2, 0.25) is 11.0 Å². The zero-order valence-corrected chi connectivity index (χ0v) is 17.9. The second kappa shape index (κ2) is 9.06. The van der Waals surface area contributed by atoms with Crippen LogP contribution in [0.15, 0.2) is 42.5 Å². The van der Waals surface area contributed by atoms with Gasteiger partial charge in [-0.3, -0.25) is 10.1 Å². The highest BCUT2D eigenvalue weighted by atomic mass is 32.1. The maximum Gasteiger partial charge on any atom is 0.410 e. The monoisotopic (exact) mass is 455 g/mol. The highest BCUT2D eigenvalue weighted by Gasteiger charge is 2.12. The number of hydrogen-bond donors (Lipinski definition) is 3. The number of benzene rings is 2. The van der Waals surface area contributed by atoms with Gasteiger partial charge in [0.15, 0.2) is 5.13 Å². The van der Waals surface area contributed by atoms with Crippen LogP contribution in [0.3, 0.4) is 0 Å². The number of hydrogen-bond acceptors (Lipinski definition) is 8. The summed E-state index contributed by atoms with van der Waals surface area (Å²) in [4.78, 5) is 27.4. The van der Waals surface area contributed by atoms with E-state index in [0.717, 1.165) is 21.6 Å². The Balaban J connectivity index is 1.42. The summed E-state index contributed by atoms with van der Waals surface area (Å²) in [6.45, 7) is 2.50. The number of rotatable bonds is 7. The molecule has 31 heavy (non-hydrogen) atoms. The number of carbonyl (C=O) groups is 2. The third kappa shape index (κ3) is 5.13. The molecule has 2 amide bonds. The van der Waals surface area contributed by atoms with Crippen LogP contribution in [-0.2, 0) is 11.2 Å². The lowest BCUT2D eigenvalue weighted by Crippen LogP contribution is -2.14. The zero-order valence-electron chi connectivity index (χ0n) is 16.3. The quantitative estimate of drug-likeness (QED) is 0.375. The first-order valence-corrected chi connectivity index (χ1v) is 10.9. The van der Waals surface area contributed by atoms with Gasteiger partial charge in [-0.2, -0.15) is 0 Å². The summed E-state index contributed by atoms with van der Waals surface area (Å²) in [5, 5.41) is 23.4. The summed E-state index contributed by atoms with van der Waals surface area (Å²) in [6.07, 6.45) is -1.02. The molecule has 0 aliphatic heterocycles. The van der Waals surface area contributed by atoms with Crippen molar-refractivity contribution >= 4 is 55.2 Å². The number of amides is 2. The van der Waals surface area contributed by atoms with Gasteiger partial charge in [-0.15, -0.1) is 10.2 Å². The van der Waals surface area contributed by atoms with Crippen LogP contribution in [-0.4, -0.2) is 38.9 Å². The lowest BCUT2D eigenvalue weighted by Gasteiger charge is -2.03. The molecule has 2 aromatic carbocycles. The van der Waals surface area contributed by atoms with E-state index in [0.29, 0.717) is 27.4 Å². The third-order valence-corrected chi connectivity index (χ3v) is 5.92. The van der Waals surface area contributed by atoms with E-state index in [1.807, 2.05) is 37.3 Å². The first-order chi connectivity index (χ1) is 15.0. The Hall–Kier alpha value is -3.57. The smallest absolute Gasteiger partial charge is 0.410 e. The Bertz CT molecular complexity index is 1250. The minimum Gasteiger partial charge on any atom is -0.494 e. The van der Waals surface area contributed by atoms with Crippen LogP contribution >= 0.6 is 22.7 Å². The van der Waals surface area contributed by atoms with Crippen molar-refractivity contribution in [2.75, 3.05) is 17.2 Å². The van der Waals surface area contributed by atoms with Crippen molar-refractivity contribution in [3.63, 3.8) is 0 Å². The number of thiazole rings is 1. The standard InChI is InChI=1S/C20H17N5O4S2/c1-2-29-13-5-3-4-12(10-13)17-24-25-19(31-17)22-16(26)9-11-6-7-14-15(8-11)30-18(21-14)23-20(27)28/h3-8,10H,2,9H2,1H3,(H,21,23)(H,27,28)(H,22,25,26). The van der Waals surface area contributed by atoms with Gasteiger partial charge in [0.1, 0.15) is 10.8 Å². The molecule has 158 valence electrons. The number of carboxylic acid groups (broad SMARTS) is 1. The van der Waals surface area contributed by atoms with Gasteiger partial charge in [-0.1, -0.05) is 40.9 Å². The molecule has 0 aliphatic rings. The van der Waals surface area contributed by atoms with E-state index in [9.17, 15) is 9.59 Å². The van der Waals surface area contributed by atoms with E-state index in [-0.39, 0.29) is 12.3 Å². The van der Waals surface area contributed by atoms with Crippen LogP contribution in [0.4, 0.5) is 15.1 Å². The Labute approximate surface area is 184 Å². The van der Waals surface area contributed by atoms with Gasteiger partial charge in [0.05, 0.1) is 23.2 Å². The van der Waals surface area contributed by atoms with Crippen LogP contribution in [0.25, 0.3) is 20.8 Å². The van der Waals surface area contributed by atoms with E-state index in [1.165, 1.54) is 22.7 Å². The number of ether oxygens (including phenoxy) is 1. The zero-order chi connectivity index (χ0) is 21.8. The van der Waals surface area contributed by atoms with Crippen LogP contribution in [0.1, 0.15) is 12.5 Å². The predicted octanol–water partition coefficient (Wildman–Crippen LogP) is 4.48. The van der Waals surface area contributed by atoms with Crippen LogP contribution in [0.5, 0.6) is 5.75 Å². The summed E-state index contributed by atoms with van der Waals surface area (Å²) in [6, 6.07) is 12.9. The first kappa shape index (κ1) is 20.7. The second-order valence-electron chi connectivity index (χ2n) is 6.35. The fourth-order valence-corrected chi connectivity index (χ4v) is 4.52. The average Bonchev–Trinajstić information content (AvgIpc) is 3.34. The van der Waals surface area contributed by atoms with E-state index in [4.69, 9.17) is 9.84 Å². The van der Waals surface area contributed by atoms with Crippen LogP contribution in [0.2, 0.25) is 0 Å². The van der Waals surface area contributed by atoms with E-state index in [1.54, 1.807) is 12.1 Å². The summed E-state index contributed by atoms with van der Waals surface area (Å²) >= 11 is 2.49. The Kier molecular flexibility index (Phi) is 6.05. The van der Waals surface area contributed by atoms with Gasteiger partial charge < -0.3 is 15.2 Å². The molecule has 4 aromatic rings. The molecular formula is C20H17N5O4S2. The lowest BCUT2D eigenvalue weighted by atomic mass is 10.1. The number of anilines is 2.